The van der Waals surface area contributed by atoms with Gasteiger partial charge in [0.2, 0.25) is 0 Å². The van der Waals surface area contributed by atoms with E-state index in [9.17, 15) is 39.5 Å². The smallest absolute Gasteiger partial charge is 0.166 e. The molecule has 0 spiro atoms. The molecule has 4 rings (SSSR count). The Hall–Kier alpha value is -3.75. The third-order valence-electron chi connectivity index (χ3n) is 5.85. The third-order valence-corrected chi connectivity index (χ3v) is 5.85. The van der Waals surface area contributed by atoms with E-state index in [-0.39, 0.29) is 23.3 Å². The second kappa shape index (κ2) is 9.28. The van der Waals surface area contributed by atoms with Crippen LogP contribution in [0.4, 0.5) is 39.5 Å². The SMILES string of the molecule is Cc1cc(-c2ccccc2)cc(-c2ccccc2)c1-c1c(C(F)(F)F)cc(C(F)(F)F)cc1C(F)(F)F. The van der Waals surface area contributed by atoms with Gasteiger partial charge >= 0.3 is 18.5 Å². The lowest BCUT2D eigenvalue weighted by Crippen LogP contribution is -2.18. The summed E-state index contributed by atoms with van der Waals surface area (Å²) in [7, 11) is 0. The summed E-state index contributed by atoms with van der Waals surface area (Å²) in [6.07, 6.45) is -16.4. The fraction of sp³-hybridized carbons (Fsp3) is 0.143. The van der Waals surface area contributed by atoms with Crippen molar-refractivity contribution < 1.29 is 39.5 Å². The average Bonchev–Trinajstić information content (AvgIpc) is 2.82. The van der Waals surface area contributed by atoms with Crippen molar-refractivity contribution >= 4 is 0 Å². The van der Waals surface area contributed by atoms with E-state index in [0.717, 1.165) is 0 Å². The molecular formula is C28H17F9. The Bertz CT molecular complexity index is 1380. The highest BCUT2D eigenvalue weighted by Crippen LogP contribution is 2.51. The van der Waals surface area contributed by atoms with Gasteiger partial charge in [0.1, 0.15) is 0 Å². The van der Waals surface area contributed by atoms with Crippen LogP contribution in [0.25, 0.3) is 33.4 Å². The normalized spacial score (nSPS) is 12.6. The maximum absolute atomic E-state index is 14.1. The lowest BCUT2D eigenvalue weighted by atomic mass is 9.82. The van der Waals surface area contributed by atoms with Crippen LogP contribution in [0.15, 0.2) is 84.9 Å². The molecule has 192 valence electrons. The first-order chi connectivity index (χ1) is 17.2. The standard InChI is InChI=1S/C28H17F9/c1-16-12-19(17-8-4-2-5-9-17)13-21(18-10-6-3-7-11-18)24(16)25-22(27(32,33)34)14-20(26(29,30)31)15-23(25)28(35,36)37/h2-15H,1H3. The molecule has 0 radical (unpaired) electrons. The summed E-state index contributed by atoms with van der Waals surface area (Å²) in [5.41, 5.74) is -6.29. The molecule has 0 saturated carbocycles. The minimum atomic E-state index is -5.50. The summed E-state index contributed by atoms with van der Waals surface area (Å²) < 4.78 is 125. The van der Waals surface area contributed by atoms with Crippen LogP contribution in [0.2, 0.25) is 0 Å². The average molecular weight is 524 g/mol. The van der Waals surface area contributed by atoms with Crippen molar-refractivity contribution in [3.8, 4) is 33.4 Å². The number of hydrogen-bond acceptors (Lipinski definition) is 0. The summed E-state index contributed by atoms with van der Waals surface area (Å²) in [6.45, 7) is 1.34. The molecule has 0 unspecified atom stereocenters. The van der Waals surface area contributed by atoms with Crippen molar-refractivity contribution in [1.82, 2.24) is 0 Å². The molecule has 0 atom stereocenters. The molecule has 0 aliphatic rings. The molecule has 37 heavy (non-hydrogen) atoms. The Balaban J connectivity index is 2.19. The van der Waals surface area contributed by atoms with E-state index in [2.05, 4.69) is 0 Å². The molecule has 0 fully saturated rings. The Kier molecular flexibility index (Phi) is 6.60. The maximum Gasteiger partial charge on any atom is 0.417 e. The van der Waals surface area contributed by atoms with E-state index in [1.807, 2.05) is 0 Å². The first-order valence-corrected chi connectivity index (χ1v) is 10.8. The van der Waals surface area contributed by atoms with Gasteiger partial charge in [-0.05, 0) is 58.5 Å². The van der Waals surface area contributed by atoms with Gasteiger partial charge in [-0.25, -0.2) is 0 Å². The minimum absolute atomic E-state index is 0.0233. The van der Waals surface area contributed by atoms with Gasteiger partial charge in [0.25, 0.3) is 0 Å². The molecule has 0 N–H and O–H groups in total. The molecule has 0 aliphatic carbocycles. The predicted molar refractivity (Wildman–Crippen MR) is 122 cm³/mol. The molecule has 0 amide bonds. The highest BCUT2D eigenvalue weighted by molar-refractivity contribution is 5.92. The quantitative estimate of drug-likeness (QED) is 0.234. The van der Waals surface area contributed by atoms with Gasteiger partial charge in [-0.2, -0.15) is 39.5 Å². The largest absolute Gasteiger partial charge is 0.417 e. The monoisotopic (exact) mass is 524 g/mol. The number of halogens is 9. The number of benzene rings is 4. The molecule has 0 bridgehead atoms. The van der Waals surface area contributed by atoms with Crippen molar-refractivity contribution in [2.45, 2.75) is 25.5 Å². The van der Waals surface area contributed by atoms with E-state index in [1.165, 1.54) is 31.2 Å². The van der Waals surface area contributed by atoms with Gasteiger partial charge < -0.3 is 0 Å². The molecular weight excluding hydrogens is 507 g/mol. The van der Waals surface area contributed by atoms with Crippen LogP contribution in [0, 0.1) is 6.92 Å². The van der Waals surface area contributed by atoms with Gasteiger partial charge in [-0.3, -0.25) is 0 Å². The fourth-order valence-corrected chi connectivity index (χ4v) is 4.28. The number of alkyl halides is 9. The lowest BCUT2D eigenvalue weighted by Gasteiger charge is -2.25. The van der Waals surface area contributed by atoms with E-state index < -0.39 is 46.3 Å². The molecule has 0 nitrogen and oxygen atoms in total. The topological polar surface area (TPSA) is 0 Å². The van der Waals surface area contributed by atoms with Crippen LogP contribution in [-0.2, 0) is 18.5 Å². The van der Waals surface area contributed by atoms with Gasteiger partial charge in [0.15, 0.2) is 0 Å². The molecule has 0 heterocycles. The van der Waals surface area contributed by atoms with Crippen molar-refractivity contribution in [3.63, 3.8) is 0 Å². The molecule has 4 aromatic rings. The Morgan fingerprint density at radius 1 is 0.459 bits per heavy atom. The fourth-order valence-electron chi connectivity index (χ4n) is 4.28. The summed E-state index contributed by atoms with van der Waals surface area (Å²) in [6, 6.07) is 18.8. The summed E-state index contributed by atoms with van der Waals surface area (Å²) >= 11 is 0. The van der Waals surface area contributed by atoms with Crippen LogP contribution in [0.5, 0.6) is 0 Å². The Labute approximate surface area is 206 Å². The van der Waals surface area contributed by atoms with Crippen molar-refractivity contribution in [2.75, 3.05) is 0 Å². The van der Waals surface area contributed by atoms with E-state index >= 15 is 0 Å². The highest BCUT2D eigenvalue weighted by Gasteiger charge is 2.45. The highest BCUT2D eigenvalue weighted by atomic mass is 19.4. The predicted octanol–water partition coefficient (Wildman–Crippen LogP) is 10.1. The number of hydrogen-bond donors (Lipinski definition) is 0. The summed E-state index contributed by atoms with van der Waals surface area (Å²) in [4.78, 5) is 0. The molecule has 0 aliphatic heterocycles. The van der Waals surface area contributed by atoms with Crippen molar-refractivity contribution in [1.29, 1.82) is 0 Å². The summed E-state index contributed by atoms with van der Waals surface area (Å²) in [5.74, 6) is 0. The lowest BCUT2D eigenvalue weighted by molar-refractivity contribution is -0.147. The van der Waals surface area contributed by atoms with E-state index in [0.29, 0.717) is 16.7 Å². The van der Waals surface area contributed by atoms with Crippen LogP contribution in [-0.4, -0.2) is 0 Å². The van der Waals surface area contributed by atoms with Gasteiger partial charge in [0, 0.05) is 5.56 Å². The molecule has 4 aromatic carbocycles. The zero-order chi connectivity index (χ0) is 27.2. The van der Waals surface area contributed by atoms with Gasteiger partial charge in [0.05, 0.1) is 16.7 Å². The van der Waals surface area contributed by atoms with E-state index in [4.69, 9.17) is 0 Å². The van der Waals surface area contributed by atoms with Crippen LogP contribution in [0.1, 0.15) is 22.3 Å². The van der Waals surface area contributed by atoms with Crippen molar-refractivity contribution in [2.24, 2.45) is 0 Å². The zero-order valence-corrected chi connectivity index (χ0v) is 19.0. The molecule has 0 aromatic heterocycles. The van der Waals surface area contributed by atoms with Crippen LogP contribution >= 0.6 is 0 Å². The third kappa shape index (κ3) is 5.35. The first kappa shape index (κ1) is 26.3. The van der Waals surface area contributed by atoms with Crippen molar-refractivity contribution in [3.05, 3.63) is 107 Å². The maximum atomic E-state index is 14.1. The minimum Gasteiger partial charge on any atom is -0.166 e. The summed E-state index contributed by atoms with van der Waals surface area (Å²) in [5, 5.41) is 0. The first-order valence-electron chi connectivity index (χ1n) is 10.8. The van der Waals surface area contributed by atoms with E-state index in [1.54, 1.807) is 48.5 Å². The zero-order valence-electron chi connectivity index (χ0n) is 19.0. The van der Waals surface area contributed by atoms with Crippen LogP contribution in [0.3, 0.4) is 0 Å². The van der Waals surface area contributed by atoms with Crippen LogP contribution < -0.4 is 0 Å². The molecule has 9 heteroatoms. The van der Waals surface area contributed by atoms with Gasteiger partial charge in [-0.1, -0.05) is 66.7 Å². The Morgan fingerprint density at radius 3 is 1.35 bits per heavy atom. The number of rotatable bonds is 3. The number of aryl methyl sites for hydroxylation is 1. The van der Waals surface area contributed by atoms with Gasteiger partial charge in [-0.15, -0.1) is 0 Å². The molecule has 0 saturated heterocycles. The Morgan fingerprint density at radius 2 is 0.919 bits per heavy atom. The second-order valence-corrected chi connectivity index (χ2v) is 8.39. The second-order valence-electron chi connectivity index (χ2n) is 8.39.